The SMILES string of the molecule is Cc1cc(C)cc(N(C)c2cc(C)ncc2C(=O)O)c1. The monoisotopic (exact) mass is 270 g/mol. The zero-order valence-corrected chi connectivity index (χ0v) is 12.1. The number of anilines is 2. The molecule has 0 atom stereocenters. The summed E-state index contributed by atoms with van der Waals surface area (Å²) in [6.07, 6.45) is 1.41. The highest BCUT2D eigenvalue weighted by molar-refractivity contribution is 5.95. The van der Waals surface area contributed by atoms with Crippen LogP contribution < -0.4 is 4.90 Å². The molecule has 2 rings (SSSR count). The Labute approximate surface area is 118 Å². The van der Waals surface area contributed by atoms with Gasteiger partial charge in [0.05, 0.1) is 5.69 Å². The topological polar surface area (TPSA) is 53.4 Å². The second-order valence-corrected chi connectivity index (χ2v) is 5.05. The van der Waals surface area contributed by atoms with Gasteiger partial charge in [-0.1, -0.05) is 6.07 Å². The number of carbonyl (C=O) groups is 1. The summed E-state index contributed by atoms with van der Waals surface area (Å²) in [7, 11) is 1.87. The van der Waals surface area contributed by atoms with Gasteiger partial charge in [-0.25, -0.2) is 4.79 Å². The van der Waals surface area contributed by atoms with E-state index in [0.717, 1.165) is 22.5 Å². The summed E-state index contributed by atoms with van der Waals surface area (Å²) in [5.74, 6) is -0.969. The molecule has 0 aliphatic rings. The molecule has 0 spiro atoms. The van der Waals surface area contributed by atoms with E-state index in [0.29, 0.717) is 5.69 Å². The van der Waals surface area contributed by atoms with Crippen LogP contribution in [0.3, 0.4) is 0 Å². The predicted molar refractivity (Wildman–Crippen MR) is 79.9 cm³/mol. The van der Waals surface area contributed by atoms with Crippen molar-refractivity contribution in [1.82, 2.24) is 4.98 Å². The molecule has 104 valence electrons. The van der Waals surface area contributed by atoms with Crippen molar-refractivity contribution in [2.45, 2.75) is 20.8 Å². The van der Waals surface area contributed by atoms with E-state index in [1.54, 1.807) is 6.07 Å². The molecule has 0 unspecified atom stereocenters. The van der Waals surface area contributed by atoms with Crippen LogP contribution in [0.4, 0.5) is 11.4 Å². The van der Waals surface area contributed by atoms with Crippen molar-refractivity contribution >= 4 is 17.3 Å². The van der Waals surface area contributed by atoms with E-state index in [1.165, 1.54) is 6.20 Å². The van der Waals surface area contributed by atoms with Crippen molar-refractivity contribution in [1.29, 1.82) is 0 Å². The molecular weight excluding hydrogens is 252 g/mol. The van der Waals surface area contributed by atoms with E-state index in [-0.39, 0.29) is 5.56 Å². The number of aromatic carboxylic acids is 1. The zero-order chi connectivity index (χ0) is 14.9. The molecule has 1 aromatic carbocycles. The minimum absolute atomic E-state index is 0.206. The number of hydrogen-bond acceptors (Lipinski definition) is 3. The van der Waals surface area contributed by atoms with Crippen molar-refractivity contribution in [3.63, 3.8) is 0 Å². The smallest absolute Gasteiger partial charge is 0.339 e. The molecule has 0 amide bonds. The van der Waals surface area contributed by atoms with Crippen LogP contribution in [0.5, 0.6) is 0 Å². The number of aromatic nitrogens is 1. The Bertz CT molecular complexity index is 645. The van der Waals surface area contributed by atoms with Gasteiger partial charge in [-0.15, -0.1) is 0 Å². The number of carboxylic acids is 1. The van der Waals surface area contributed by atoms with Gasteiger partial charge >= 0.3 is 5.97 Å². The minimum atomic E-state index is -0.969. The Morgan fingerprint density at radius 3 is 2.25 bits per heavy atom. The number of hydrogen-bond donors (Lipinski definition) is 1. The first-order chi connectivity index (χ1) is 9.38. The molecule has 0 aliphatic heterocycles. The molecule has 0 saturated heterocycles. The lowest BCUT2D eigenvalue weighted by Gasteiger charge is -2.22. The third kappa shape index (κ3) is 2.79. The lowest BCUT2D eigenvalue weighted by molar-refractivity contribution is 0.0697. The largest absolute Gasteiger partial charge is 0.478 e. The summed E-state index contributed by atoms with van der Waals surface area (Å²) in [5.41, 5.74) is 4.91. The third-order valence-electron chi connectivity index (χ3n) is 3.20. The van der Waals surface area contributed by atoms with Crippen LogP contribution in [0.15, 0.2) is 30.5 Å². The van der Waals surface area contributed by atoms with E-state index in [2.05, 4.69) is 11.1 Å². The first kappa shape index (κ1) is 14.1. The number of benzene rings is 1. The molecule has 1 heterocycles. The van der Waals surface area contributed by atoms with Crippen LogP contribution in [-0.4, -0.2) is 23.1 Å². The third-order valence-corrected chi connectivity index (χ3v) is 3.20. The van der Waals surface area contributed by atoms with Gasteiger partial charge in [0.1, 0.15) is 5.56 Å². The maximum atomic E-state index is 11.3. The maximum Gasteiger partial charge on any atom is 0.339 e. The Morgan fingerprint density at radius 2 is 1.70 bits per heavy atom. The van der Waals surface area contributed by atoms with Crippen LogP contribution >= 0.6 is 0 Å². The Kier molecular flexibility index (Phi) is 3.74. The van der Waals surface area contributed by atoms with Crippen molar-refractivity contribution in [2.24, 2.45) is 0 Å². The van der Waals surface area contributed by atoms with Crippen molar-refractivity contribution in [3.8, 4) is 0 Å². The number of aryl methyl sites for hydroxylation is 3. The van der Waals surface area contributed by atoms with Gasteiger partial charge in [0.25, 0.3) is 0 Å². The average Bonchev–Trinajstić information content (AvgIpc) is 2.36. The summed E-state index contributed by atoms with van der Waals surface area (Å²) in [6.45, 7) is 5.91. The molecular formula is C16H18N2O2. The van der Waals surface area contributed by atoms with Crippen LogP contribution in [0.1, 0.15) is 27.2 Å². The highest BCUT2D eigenvalue weighted by atomic mass is 16.4. The van der Waals surface area contributed by atoms with E-state index in [4.69, 9.17) is 0 Å². The Hall–Kier alpha value is -2.36. The van der Waals surface area contributed by atoms with E-state index >= 15 is 0 Å². The van der Waals surface area contributed by atoms with Gasteiger partial charge < -0.3 is 10.0 Å². The van der Waals surface area contributed by atoms with E-state index in [1.807, 2.05) is 44.9 Å². The van der Waals surface area contributed by atoms with Crippen molar-refractivity contribution < 1.29 is 9.90 Å². The average molecular weight is 270 g/mol. The zero-order valence-electron chi connectivity index (χ0n) is 12.1. The van der Waals surface area contributed by atoms with Gasteiger partial charge in [-0.3, -0.25) is 4.98 Å². The van der Waals surface area contributed by atoms with Gasteiger partial charge in [0, 0.05) is 24.6 Å². The van der Waals surface area contributed by atoms with Crippen LogP contribution in [0.25, 0.3) is 0 Å². The minimum Gasteiger partial charge on any atom is -0.478 e. The molecule has 0 saturated carbocycles. The van der Waals surface area contributed by atoms with Crippen molar-refractivity contribution in [3.05, 3.63) is 52.8 Å². The molecule has 0 radical (unpaired) electrons. The fourth-order valence-corrected chi connectivity index (χ4v) is 2.27. The summed E-state index contributed by atoms with van der Waals surface area (Å²) < 4.78 is 0. The summed E-state index contributed by atoms with van der Waals surface area (Å²) in [4.78, 5) is 17.3. The van der Waals surface area contributed by atoms with Gasteiger partial charge in [-0.2, -0.15) is 0 Å². The summed E-state index contributed by atoms with van der Waals surface area (Å²) in [6, 6.07) is 7.96. The molecule has 0 aliphatic carbocycles. The first-order valence-electron chi connectivity index (χ1n) is 6.40. The molecule has 1 N–H and O–H groups in total. The second-order valence-electron chi connectivity index (χ2n) is 5.05. The summed E-state index contributed by atoms with van der Waals surface area (Å²) >= 11 is 0. The van der Waals surface area contributed by atoms with E-state index < -0.39 is 5.97 Å². The standard InChI is InChI=1S/C16H18N2O2/c1-10-5-11(2)7-13(6-10)18(4)15-8-12(3)17-9-14(15)16(19)20/h5-9H,1-4H3,(H,19,20). The second kappa shape index (κ2) is 5.33. The lowest BCUT2D eigenvalue weighted by atomic mass is 10.1. The first-order valence-corrected chi connectivity index (χ1v) is 6.40. The highest BCUT2D eigenvalue weighted by Crippen LogP contribution is 2.28. The Balaban J connectivity index is 2.54. The van der Waals surface area contributed by atoms with Crippen LogP contribution in [0.2, 0.25) is 0 Å². The van der Waals surface area contributed by atoms with Crippen LogP contribution in [0, 0.1) is 20.8 Å². The Morgan fingerprint density at radius 1 is 1.10 bits per heavy atom. The molecule has 4 heteroatoms. The van der Waals surface area contributed by atoms with Crippen LogP contribution in [-0.2, 0) is 0 Å². The van der Waals surface area contributed by atoms with Gasteiger partial charge in [0.15, 0.2) is 0 Å². The van der Waals surface area contributed by atoms with Gasteiger partial charge in [0.2, 0.25) is 0 Å². The highest BCUT2D eigenvalue weighted by Gasteiger charge is 2.16. The number of carboxylic acid groups (broad SMARTS) is 1. The molecule has 1 aromatic heterocycles. The molecule has 20 heavy (non-hydrogen) atoms. The summed E-state index contributed by atoms with van der Waals surface area (Å²) in [5, 5.41) is 9.29. The number of nitrogens with zero attached hydrogens (tertiary/aromatic N) is 2. The molecule has 0 fully saturated rings. The predicted octanol–water partition coefficient (Wildman–Crippen LogP) is 3.47. The molecule has 4 nitrogen and oxygen atoms in total. The lowest BCUT2D eigenvalue weighted by Crippen LogP contribution is -2.15. The normalized spacial score (nSPS) is 10.4. The van der Waals surface area contributed by atoms with Crippen molar-refractivity contribution in [2.75, 3.05) is 11.9 Å². The fourth-order valence-electron chi connectivity index (χ4n) is 2.27. The number of rotatable bonds is 3. The molecule has 2 aromatic rings. The van der Waals surface area contributed by atoms with Gasteiger partial charge in [-0.05, 0) is 50.1 Å². The maximum absolute atomic E-state index is 11.3. The van der Waals surface area contributed by atoms with E-state index in [9.17, 15) is 9.90 Å². The fraction of sp³-hybridized carbons (Fsp3) is 0.250. The quantitative estimate of drug-likeness (QED) is 0.927. The molecule has 0 bridgehead atoms. The number of pyridine rings is 1.